The summed E-state index contributed by atoms with van der Waals surface area (Å²) < 4.78 is 0. The van der Waals surface area contributed by atoms with Gasteiger partial charge in [0.1, 0.15) is 0 Å². The van der Waals surface area contributed by atoms with Crippen molar-refractivity contribution in [2.45, 2.75) is 13.3 Å². The predicted octanol–water partition coefficient (Wildman–Crippen LogP) is 2.48. The molecule has 0 aromatic heterocycles. The van der Waals surface area contributed by atoms with Gasteiger partial charge in [-0.3, -0.25) is 4.79 Å². The Morgan fingerprint density at radius 1 is 1.37 bits per heavy atom. The van der Waals surface area contributed by atoms with Crippen molar-refractivity contribution < 1.29 is 4.79 Å². The summed E-state index contributed by atoms with van der Waals surface area (Å²) in [5.41, 5.74) is 2.00. The molecule has 0 aliphatic carbocycles. The minimum Gasteiger partial charge on any atom is -0.338 e. The number of aryl methyl sites for hydroxylation is 1. The van der Waals surface area contributed by atoms with E-state index in [2.05, 4.69) is 5.32 Å². The molecule has 4 heteroatoms. The third-order valence-corrected chi connectivity index (χ3v) is 3.67. The molecule has 1 aliphatic heterocycles. The van der Waals surface area contributed by atoms with Crippen LogP contribution in [0.1, 0.15) is 17.5 Å². The Kier molecular flexibility index (Phi) is 5.00. The highest BCUT2D eigenvalue weighted by Gasteiger charge is 2.12. The second-order valence-corrected chi connectivity index (χ2v) is 5.18. The maximum Gasteiger partial charge on any atom is 0.246 e. The first-order chi connectivity index (χ1) is 9.16. The Hall–Kier alpha value is -1.32. The summed E-state index contributed by atoms with van der Waals surface area (Å²) in [5.74, 6) is 0.0698. The van der Waals surface area contributed by atoms with Gasteiger partial charge in [0.15, 0.2) is 0 Å². The minimum atomic E-state index is 0.0698. The number of nitrogens with zero attached hydrogens (tertiary/aromatic N) is 1. The molecule has 1 aromatic rings. The average molecular weight is 279 g/mol. The third-order valence-electron chi connectivity index (χ3n) is 3.27. The van der Waals surface area contributed by atoms with E-state index in [0.717, 1.165) is 48.7 Å². The normalized spacial score (nSPS) is 16.6. The van der Waals surface area contributed by atoms with Crippen LogP contribution >= 0.6 is 11.6 Å². The smallest absolute Gasteiger partial charge is 0.246 e. The van der Waals surface area contributed by atoms with Crippen molar-refractivity contribution in [1.29, 1.82) is 0 Å². The first kappa shape index (κ1) is 14.1. The molecule has 2 rings (SSSR count). The monoisotopic (exact) mass is 278 g/mol. The lowest BCUT2D eigenvalue weighted by Gasteiger charge is -2.17. The zero-order valence-corrected chi connectivity index (χ0v) is 11.9. The van der Waals surface area contributed by atoms with Gasteiger partial charge in [-0.25, -0.2) is 0 Å². The standard InChI is InChI=1S/C15H19ClN2O/c1-12-3-4-13(11-14(12)16)5-6-15(19)18-9-2-7-17-8-10-18/h3-6,11,17H,2,7-10H2,1H3. The Labute approximate surface area is 119 Å². The van der Waals surface area contributed by atoms with Gasteiger partial charge in [0, 0.05) is 30.7 Å². The molecule has 0 spiro atoms. The molecule has 102 valence electrons. The summed E-state index contributed by atoms with van der Waals surface area (Å²) in [4.78, 5) is 13.9. The Morgan fingerprint density at radius 2 is 2.21 bits per heavy atom. The molecule has 1 aromatic carbocycles. The molecule has 1 N–H and O–H groups in total. The summed E-state index contributed by atoms with van der Waals surface area (Å²) in [6, 6.07) is 5.81. The van der Waals surface area contributed by atoms with Gasteiger partial charge in [0.2, 0.25) is 5.91 Å². The Balaban J connectivity index is 2.00. The molecular weight excluding hydrogens is 260 g/mol. The topological polar surface area (TPSA) is 32.3 Å². The van der Waals surface area contributed by atoms with Gasteiger partial charge in [-0.05, 0) is 43.2 Å². The number of halogens is 1. The van der Waals surface area contributed by atoms with Gasteiger partial charge < -0.3 is 10.2 Å². The van der Waals surface area contributed by atoms with Gasteiger partial charge in [0.25, 0.3) is 0 Å². The van der Waals surface area contributed by atoms with E-state index >= 15 is 0 Å². The minimum absolute atomic E-state index is 0.0698. The largest absolute Gasteiger partial charge is 0.338 e. The number of carbonyl (C=O) groups excluding carboxylic acids is 1. The van der Waals surface area contributed by atoms with Crippen LogP contribution in [-0.2, 0) is 4.79 Å². The quantitative estimate of drug-likeness (QED) is 0.843. The van der Waals surface area contributed by atoms with Gasteiger partial charge in [-0.1, -0.05) is 23.7 Å². The fourth-order valence-corrected chi connectivity index (χ4v) is 2.24. The van der Waals surface area contributed by atoms with Crippen LogP contribution in [0.5, 0.6) is 0 Å². The molecule has 0 radical (unpaired) electrons. The first-order valence-electron chi connectivity index (χ1n) is 6.60. The van der Waals surface area contributed by atoms with E-state index in [0.29, 0.717) is 0 Å². The fourth-order valence-electron chi connectivity index (χ4n) is 2.05. The maximum atomic E-state index is 12.1. The maximum absolute atomic E-state index is 12.1. The van der Waals surface area contributed by atoms with Crippen molar-refractivity contribution in [3.8, 4) is 0 Å². The summed E-state index contributed by atoms with van der Waals surface area (Å²) in [6.45, 7) is 5.42. The summed E-state index contributed by atoms with van der Waals surface area (Å²) in [5, 5.41) is 4.01. The van der Waals surface area contributed by atoms with Gasteiger partial charge in [0.05, 0.1) is 0 Å². The molecule has 1 fully saturated rings. The van der Waals surface area contributed by atoms with E-state index in [1.165, 1.54) is 0 Å². The van der Waals surface area contributed by atoms with Crippen LogP contribution in [0.3, 0.4) is 0 Å². The highest BCUT2D eigenvalue weighted by molar-refractivity contribution is 6.31. The van der Waals surface area contributed by atoms with E-state index in [1.54, 1.807) is 6.08 Å². The molecule has 19 heavy (non-hydrogen) atoms. The number of hydrogen-bond acceptors (Lipinski definition) is 2. The highest BCUT2D eigenvalue weighted by atomic mass is 35.5. The number of amides is 1. The second kappa shape index (κ2) is 6.73. The van der Waals surface area contributed by atoms with E-state index in [4.69, 9.17) is 11.6 Å². The SMILES string of the molecule is Cc1ccc(C=CC(=O)N2CCCNCC2)cc1Cl. The molecule has 1 amide bonds. The summed E-state index contributed by atoms with van der Waals surface area (Å²) in [7, 11) is 0. The lowest BCUT2D eigenvalue weighted by Crippen LogP contribution is -2.32. The van der Waals surface area contributed by atoms with Gasteiger partial charge >= 0.3 is 0 Å². The number of hydrogen-bond donors (Lipinski definition) is 1. The molecule has 1 saturated heterocycles. The van der Waals surface area contributed by atoms with Crippen molar-refractivity contribution >= 4 is 23.6 Å². The van der Waals surface area contributed by atoms with E-state index < -0.39 is 0 Å². The molecule has 1 heterocycles. The van der Waals surface area contributed by atoms with Crippen LogP contribution in [0.25, 0.3) is 6.08 Å². The number of rotatable bonds is 2. The molecule has 0 unspecified atom stereocenters. The number of benzene rings is 1. The van der Waals surface area contributed by atoms with Crippen LogP contribution in [0.4, 0.5) is 0 Å². The first-order valence-corrected chi connectivity index (χ1v) is 6.98. The zero-order chi connectivity index (χ0) is 13.7. The van der Waals surface area contributed by atoms with Crippen molar-refractivity contribution in [1.82, 2.24) is 10.2 Å². The number of nitrogens with one attached hydrogen (secondary N) is 1. The van der Waals surface area contributed by atoms with Crippen molar-refractivity contribution in [3.63, 3.8) is 0 Å². The zero-order valence-electron chi connectivity index (χ0n) is 11.2. The molecule has 0 saturated carbocycles. The fraction of sp³-hybridized carbons (Fsp3) is 0.400. The van der Waals surface area contributed by atoms with E-state index in [-0.39, 0.29) is 5.91 Å². The van der Waals surface area contributed by atoms with E-state index in [9.17, 15) is 4.79 Å². The molecule has 0 bridgehead atoms. The van der Waals surface area contributed by atoms with Crippen molar-refractivity contribution in [2.75, 3.05) is 26.2 Å². The van der Waals surface area contributed by atoms with Gasteiger partial charge in [-0.15, -0.1) is 0 Å². The van der Waals surface area contributed by atoms with Crippen LogP contribution in [0.2, 0.25) is 5.02 Å². The molecule has 1 aliphatic rings. The molecule has 3 nitrogen and oxygen atoms in total. The van der Waals surface area contributed by atoms with Crippen LogP contribution < -0.4 is 5.32 Å². The van der Waals surface area contributed by atoms with E-state index in [1.807, 2.05) is 36.1 Å². The Bertz CT molecular complexity index is 477. The van der Waals surface area contributed by atoms with Crippen molar-refractivity contribution in [3.05, 3.63) is 40.4 Å². The lowest BCUT2D eigenvalue weighted by molar-refractivity contribution is -0.125. The van der Waals surface area contributed by atoms with Gasteiger partial charge in [-0.2, -0.15) is 0 Å². The summed E-state index contributed by atoms with van der Waals surface area (Å²) >= 11 is 6.06. The van der Waals surface area contributed by atoms with Crippen LogP contribution in [-0.4, -0.2) is 37.0 Å². The van der Waals surface area contributed by atoms with Crippen LogP contribution in [0, 0.1) is 6.92 Å². The highest BCUT2D eigenvalue weighted by Crippen LogP contribution is 2.17. The third kappa shape index (κ3) is 4.08. The molecule has 0 atom stereocenters. The second-order valence-electron chi connectivity index (χ2n) is 4.77. The number of carbonyl (C=O) groups is 1. The predicted molar refractivity (Wildman–Crippen MR) is 79.3 cm³/mol. The lowest BCUT2D eigenvalue weighted by atomic mass is 10.1. The average Bonchev–Trinajstić information content (AvgIpc) is 2.69. The van der Waals surface area contributed by atoms with Crippen molar-refractivity contribution in [2.24, 2.45) is 0 Å². The molecular formula is C15H19ClN2O. The summed E-state index contributed by atoms with van der Waals surface area (Å²) in [6.07, 6.45) is 4.47. The Morgan fingerprint density at radius 3 is 3.00 bits per heavy atom. The van der Waals surface area contributed by atoms with Crippen LogP contribution in [0.15, 0.2) is 24.3 Å².